The molecule has 0 aliphatic heterocycles. The van der Waals surface area contributed by atoms with Gasteiger partial charge >= 0.3 is 18.2 Å². The Labute approximate surface area is 208 Å². The van der Waals surface area contributed by atoms with Crippen LogP contribution in [0, 0.1) is 5.92 Å². The van der Waals surface area contributed by atoms with E-state index in [1.165, 1.54) is 12.1 Å². The van der Waals surface area contributed by atoms with Gasteiger partial charge in [-0.2, -0.15) is 13.2 Å². The van der Waals surface area contributed by atoms with Gasteiger partial charge < -0.3 is 24.8 Å². The third-order valence-corrected chi connectivity index (χ3v) is 6.05. The van der Waals surface area contributed by atoms with Crippen LogP contribution < -0.4 is 10.1 Å². The van der Waals surface area contributed by atoms with Gasteiger partial charge in [0.25, 0.3) is 0 Å². The van der Waals surface area contributed by atoms with Crippen molar-refractivity contribution in [2.75, 3.05) is 31.6 Å². The summed E-state index contributed by atoms with van der Waals surface area (Å²) in [6.45, 7) is 2.99. The quantitative estimate of drug-likeness (QED) is 0.398. The summed E-state index contributed by atoms with van der Waals surface area (Å²) in [5.74, 6) is -0.0971. The van der Waals surface area contributed by atoms with E-state index in [1.54, 1.807) is 36.1 Å². The minimum absolute atomic E-state index is 0.0802. The van der Waals surface area contributed by atoms with Crippen LogP contribution in [0.2, 0.25) is 0 Å². The Balaban J connectivity index is 1.56. The number of carboxylic acid groups (broad SMARTS) is 1. The Morgan fingerprint density at radius 3 is 2.47 bits per heavy atom. The molecule has 3 rings (SSSR count). The Morgan fingerprint density at radius 2 is 1.89 bits per heavy atom. The molecule has 7 nitrogen and oxygen atoms in total. The van der Waals surface area contributed by atoms with E-state index >= 15 is 0 Å². The molecular weight excluding hydrogens is 477 g/mol. The van der Waals surface area contributed by atoms with Crippen LogP contribution in [0.25, 0.3) is 0 Å². The molecule has 2 aromatic carbocycles. The van der Waals surface area contributed by atoms with Gasteiger partial charge in [-0.1, -0.05) is 24.6 Å². The van der Waals surface area contributed by atoms with Crippen molar-refractivity contribution in [2.24, 2.45) is 5.92 Å². The van der Waals surface area contributed by atoms with Crippen LogP contribution in [0.4, 0.5) is 23.7 Å². The molecule has 0 saturated heterocycles. The summed E-state index contributed by atoms with van der Waals surface area (Å²) in [7, 11) is 0. The number of nitrogens with zero attached hydrogens (tertiary/aromatic N) is 1. The van der Waals surface area contributed by atoms with Crippen molar-refractivity contribution >= 4 is 17.7 Å². The van der Waals surface area contributed by atoms with Crippen LogP contribution in [-0.4, -0.2) is 54.4 Å². The molecule has 0 aromatic heterocycles. The van der Waals surface area contributed by atoms with Crippen LogP contribution >= 0.6 is 0 Å². The lowest BCUT2D eigenvalue weighted by Crippen LogP contribution is -2.42. The van der Waals surface area contributed by atoms with Crippen LogP contribution in [0.15, 0.2) is 48.5 Å². The maximum absolute atomic E-state index is 13.0. The third kappa shape index (κ3) is 8.15. The van der Waals surface area contributed by atoms with Crippen molar-refractivity contribution in [3.63, 3.8) is 0 Å². The van der Waals surface area contributed by atoms with Crippen molar-refractivity contribution in [1.29, 1.82) is 0 Å². The summed E-state index contributed by atoms with van der Waals surface area (Å²) in [6.07, 6.45) is -2.06. The predicted octanol–water partition coefficient (Wildman–Crippen LogP) is 5.45. The summed E-state index contributed by atoms with van der Waals surface area (Å²) in [5, 5.41) is 11.8. The predicted molar refractivity (Wildman–Crippen MR) is 128 cm³/mol. The molecule has 0 spiro atoms. The van der Waals surface area contributed by atoms with Crippen LogP contribution in [0.1, 0.15) is 37.3 Å². The van der Waals surface area contributed by atoms with Crippen molar-refractivity contribution in [2.45, 2.75) is 44.9 Å². The normalized spacial score (nSPS) is 14.6. The Bertz CT molecular complexity index is 1010. The fourth-order valence-electron chi connectivity index (χ4n) is 3.87. The van der Waals surface area contributed by atoms with E-state index in [0.717, 1.165) is 37.0 Å². The van der Waals surface area contributed by atoms with Crippen LogP contribution in [-0.2, 0) is 22.1 Å². The minimum atomic E-state index is -4.49. The lowest BCUT2D eigenvalue weighted by Gasteiger charge is -2.32. The largest absolute Gasteiger partial charge is 0.492 e. The summed E-state index contributed by atoms with van der Waals surface area (Å²) >= 11 is 0. The number of benzene rings is 2. The Kier molecular flexibility index (Phi) is 9.58. The number of carbonyl (C=O) groups excluding carboxylic acids is 1. The molecule has 1 atom stereocenters. The minimum Gasteiger partial charge on any atom is -0.492 e. The number of anilines is 1. The molecule has 1 aliphatic rings. The van der Waals surface area contributed by atoms with E-state index in [4.69, 9.17) is 9.47 Å². The summed E-state index contributed by atoms with van der Waals surface area (Å²) in [5.41, 5.74) is 0.0421. The highest BCUT2D eigenvalue weighted by atomic mass is 19.4. The highest BCUT2D eigenvalue weighted by Gasteiger charge is 2.31. The molecule has 1 fully saturated rings. The maximum atomic E-state index is 13.0. The van der Waals surface area contributed by atoms with E-state index in [1.807, 2.05) is 0 Å². The number of hydrogen-bond donors (Lipinski definition) is 2. The standard InChI is InChI=1S/C26H31F3N2O5/c1-2-35-23(24(32)33)15-18-9-11-22(12-10-18)36-14-13-31(17-19-5-3-6-19)25(34)30-21-8-4-7-20(16-21)26(27,28)29/h4,7-12,16,19,23H,2-3,5-6,13-15,17H2,1H3,(H,30,34)(H,32,33). The number of carbonyl (C=O) groups is 2. The second-order valence-electron chi connectivity index (χ2n) is 8.73. The molecule has 10 heteroatoms. The van der Waals surface area contributed by atoms with Gasteiger partial charge in [-0.25, -0.2) is 9.59 Å². The molecule has 1 aliphatic carbocycles. The second kappa shape index (κ2) is 12.6. The lowest BCUT2D eigenvalue weighted by atomic mass is 9.85. The number of halogens is 3. The zero-order chi connectivity index (χ0) is 26.1. The van der Waals surface area contributed by atoms with Crippen molar-refractivity contribution in [1.82, 2.24) is 4.90 Å². The van der Waals surface area contributed by atoms with Crippen molar-refractivity contribution < 1.29 is 37.3 Å². The Hall–Kier alpha value is -3.27. The number of nitrogens with one attached hydrogen (secondary N) is 1. The van der Waals surface area contributed by atoms with E-state index in [-0.39, 0.29) is 25.3 Å². The fourth-order valence-corrected chi connectivity index (χ4v) is 3.87. The van der Waals surface area contributed by atoms with Gasteiger partial charge in [0.15, 0.2) is 6.10 Å². The first-order valence-electron chi connectivity index (χ1n) is 11.9. The number of alkyl halides is 3. The van der Waals surface area contributed by atoms with Crippen molar-refractivity contribution in [3.8, 4) is 5.75 Å². The van der Waals surface area contributed by atoms with E-state index in [0.29, 0.717) is 24.8 Å². The number of rotatable bonds is 12. The first kappa shape index (κ1) is 27.3. The average Bonchev–Trinajstić information content (AvgIpc) is 2.80. The molecule has 1 unspecified atom stereocenters. The monoisotopic (exact) mass is 508 g/mol. The highest BCUT2D eigenvalue weighted by Crippen LogP contribution is 2.31. The highest BCUT2D eigenvalue weighted by molar-refractivity contribution is 5.89. The van der Waals surface area contributed by atoms with E-state index in [9.17, 15) is 27.9 Å². The number of carboxylic acids is 1. The summed E-state index contributed by atoms with van der Waals surface area (Å²) in [4.78, 5) is 25.7. The first-order valence-corrected chi connectivity index (χ1v) is 11.9. The molecule has 0 bridgehead atoms. The van der Waals surface area contributed by atoms with Gasteiger partial charge in [-0.3, -0.25) is 0 Å². The van der Waals surface area contributed by atoms with E-state index < -0.39 is 29.8 Å². The van der Waals surface area contributed by atoms with Gasteiger partial charge in [0, 0.05) is 25.3 Å². The number of hydrogen-bond acceptors (Lipinski definition) is 4. The van der Waals surface area contributed by atoms with E-state index in [2.05, 4.69) is 5.32 Å². The first-order chi connectivity index (χ1) is 17.2. The number of urea groups is 1. The Morgan fingerprint density at radius 1 is 1.17 bits per heavy atom. The van der Waals surface area contributed by atoms with Gasteiger partial charge in [0.1, 0.15) is 12.4 Å². The summed E-state index contributed by atoms with van der Waals surface area (Å²) in [6, 6.07) is 11.0. The van der Waals surface area contributed by atoms with Gasteiger partial charge in [-0.15, -0.1) is 0 Å². The lowest BCUT2D eigenvalue weighted by molar-refractivity contribution is -0.150. The van der Waals surface area contributed by atoms with Gasteiger partial charge in [0.05, 0.1) is 12.1 Å². The molecule has 36 heavy (non-hydrogen) atoms. The van der Waals surface area contributed by atoms with Gasteiger partial charge in [-0.05, 0) is 61.6 Å². The molecule has 0 radical (unpaired) electrons. The van der Waals surface area contributed by atoms with Crippen LogP contribution in [0.5, 0.6) is 5.75 Å². The number of aliphatic carboxylic acids is 1. The number of ether oxygens (including phenoxy) is 2. The third-order valence-electron chi connectivity index (χ3n) is 6.05. The second-order valence-corrected chi connectivity index (χ2v) is 8.73. The van der Waals surface area contributed by atoms with Crippen LogP contribution in [0.3, 0.4) is 0 Å². The smallest absolute Gasteiger partial charge is 0.416 e. The molecule has 196 valence electrons. The topological polar surface area (TPSA) is 88.1 Å². The SMILES string of the molecule is CCOC(Cc1ccc(OCCN(CC2CCC2)C(=O)Nc2cccc(C(F)(F)F)c2)cc1)C(=O)O. The zero-order valence-electron chi connectivity index (χ0n) is 20.1. The average molecular weight is 509 g/mol. The molecule has 2 N–H and O–H groups in total. The molecule has 2 amide bonds. The maximum Gasteiger partial charge on any atom is 0.416 e. The fraction of sp³-hybridized carbons (Fsp3) is 0.462. The van der Waals surface area contributed by atoms with Gasteiger partial charge in [0.2, 0.25) is 0 Å². The summed E-state index contributed by atoms with van der Waals surface area (Å²) < 4.78 is 50.0. The number of amides is 2. The molecule has 0 heterocycles. The molecule has 2 aromatic rings. The van der Waals surface area contributed by atoms with Crippen molar-refractivity contribution in [3.05, 3.63) is 59.7 Å². The molecule has 1 saturated carbocycles. The molecular formula is C26H31F3N2O5. The zero-order valence-corrected chi connectivity index (χ0v) is 20.1.